The summed E-state index contributed by atoms with van der Waals surface area (Å²) in [5.41, 5.74) is -1.32. The largest absolute Gasteiger partial charge is 0.462 e. The summed E-state index contributed by atoms with van der Waals surface area (Å²) in [5.74, 6) is -1.03. The number of rotatable bonds is 6. The molecular weight excluding hydrogens is 476 g/mol. The quantitative estimate of drug-likeness (QED) is 0.492. The predicted octanol–water partition coefficient (Wildman–Crippen LogP) is 3.86. The number of ketones is 2. The summed E-state index contributed by atoms with van der Waals surface area (Å²) in [4.78, 5) is 50.1. The number of ether oxygens (including phenoxy) is 4. The topological polar surface area (TPSA) is 105 Å². The summed E-state index contributed by atoms with van der Waals surface area (Å²) in [6.45, 7) is 8.57. The van der Waals surface area contributed by atoms with Gasteiger partial charge in [0.25, 0.3) is 0 Å². The Hall–Kier alpha value is -2.32. The van der Waals surface area contributed by atoms with Gasteiger partial charge in [0.2, 0.25) is 5.78 Å². The summed E-state index contributed by atoms with van der Waals surface area (Å²) in [6.07, 6.45) is 8.07. The molecule has 0 unspecified atom stereocenters. The molecule has 1 saturated heterocycles. The maximum atomic E-state index is 13.9. The van der Waals surface area contributed by atoms with Crippen LogP contribution in [0.1, 0.15) is 73.1 Å². The van der Waals surface area contributed by atoms with Gasteiger partial charge < -0.3 is 18.9 Å². The smallest absolute Gasteiger partial charge is 0.303 e. The summed E-state index contributed by atoms with van der Waals surface area (Å²) in [7, 11) is 0. The first kappa shape index (κ1) is 26.3. The summed E-state index contributed by atoms with van der Waals surface area (Å²) in [6, 6.07) is 0. The first-order valence-electron chi connectivity index (χ1n) is 13.6. The van der Waals surface area contributed by atoms with Gasteiger partial charge in [0.1, 0.15) is 6.10 Å². The molecule has 9 atom stereocenters. The minimum Gasteiger partial charge on any atom is -0.462 e. The molecule has 202 valence electrons. The van der Waals surface area contributed by atoms with E-state index in [2.05, 4.69) is 13.8 Å². The second kappa shape index (κ2) is 9.16. The lowest BCUT2D eigenvalue weighted by molar-refractivity contribution is -0.208. The first-order valence-corrected chi connectivity index (χ1v) is 13.6. The van der Waals surface area contributed by atoms with Crippen LogP contribution in [-0.2, 0) is 38.1 Å². The zero-order valence-corrected chi connectivity index (χ0v) is 22.4. The van der Waals surface area contributed by atoms with Crippen molar-refractivity contribution < 1.29 is 38.1 Å². The number of carbonyl (C=O) groups is 4. The summed E-state index contributed by atoms with van der Waals surface area (Å²) in [5, 5.41) is 0. The molecule has 0 bridgehead atoms. The first-order chi connectivity index (χ1) is 17.5. The molecule has 3 saturated carbocycles. The van der Waals surface area contributed by atoms with Crippen molar-refractivity contribution in [3.8, 4) is 0 Å². The molecule has 1 aliphatic heterocycles. The van der Waals surface area contributed by atoms with Crippen molar-refractivity contribution in [2.24, 2.45) is 28.6 Å². The third-order valence-corrected chi connectivity index (χ3v) is 9.93. The average molecular weight is 515 g/mol. The van der Waals surface area contributed by atoms with Crippen LogP contribution < -0.4 is 0 Å². The lowest BCUT2D eigenvalue weighted by atomic mass is 9.46. The number of hydrogen-bond donors (Lipinski definition) is 0. The number of esters is 2. The van der Waals surface area contributed by atoms with Crippen molar-refractivity contribution >= 4 is 23.5 Å². The molecule has 8 heteroatoms. The van der Waals surface area contributed by atoms with E-state index < -0.39 is 40.9 Å². The minimum absolute atomic E-state index is 0.00945. The molecule has 0 aromatic carbocycles. The predicted molar refractivity (Wildman–Crippen MR) is 132 cm³/mol. The van der Waals surface area contributed by atoms with Crippen LogP contribution >= 0.6 is 0 Å². The van der Waals surface area contributed by atoms with Crippen molar-refractivity contribution in [1.82, 2.24) is 0 Å². The number of Topliss-reactive ketones (excluding diaryl/α,β-unsaturated/α-hetero) is 1. The number of allylic oxidation sites excluding steroid dienone is 4. The zero-order chi connectivity index (χ0) is 26.8. The van der Waals surface area contributed by atoms with Crippen molar-refractivity contribution in [1.29, 1.82) is 0 Å². The van der Waals surface area contributed by atoms with Crippen LogP contribution in [-0.4, -0.2) is 54.2 Å². The van der Waals surface area contributed by atoms with E-state index in [-0.39, 0.29) is 41.9 Å². The highest BCUT2D eigenvalue weighted by atomic mass is 16.7. The Morgan fingerprint density at radius 2 is 1.92 bits per heavy atom. The molecule has 0 spiro atoms. The Morgan fingerprint density at radius 3 is 2.59 bits per heavy atom. The van der Waals surface area contributed by atoms with Crippen LogP contribution in [0.2, 0.25) is 0 Å². The number of hydrogen-bond acceptors (Lipinski definition) is 8. The van der Waals surface area contributed by atoms with Crippen LogP contribution in [0.4, 0.5) is 0 Å². The zero-order valence-electron chi connectivity index (χ0n) is 22.4. The van der Waals surface area contributed by atoms with Crippen LogP contribution in [0.15, 0.2) is 23.8 Å². The van der Waals surface area contributed by atoms with E-state index in [1.54, 1.807) is 12.2 Å². The maximum Gasteiger partial charge on any atom is 0.303 e. The van der Waals surface area contributed by atoms with E-state index in [1.807, 2.05) is 13.0 Å². The Morgan fingerprint density at radius 1 is 1.16 bits per heavy atom. The highest BCUT2D eigenvalue weighted by Crippen LogP contribution is 2.70. The molecule has 0 aromatic heterocycles. The Labute approximate surface area is 218 Å². The molecule has 0 N–H and O–H groups in total. The molecule has 8 nitrogen and oxygen atoms in total. The molecule has 4 fully saturated rings. The van der Waals surface area contributed by atoms with Gasteiger partial charge >= 0.3 is 11.9 Å². The fraction of sp³-hybridized carbons (Fsp3) is 0.724. The van der Waals surface area contributed by atoms with Crippen molar-refractivity contribution in [2.45, 2.75) is 97.2 Å². The molecule has 0 amide bonds. The molecule has 0 radical (unpaired) electrons. The second-order valence-electron chi connectivity index (χ2n) is 11.9. The fourth-order valence-corrected chi connectivity index (χ4v) is 8.57. The second-order valence-corrected chi connectivity index (χ2v) is 11.9. The van der Waals surface area contributed by atoms with E-state index in [0.29, 0.717) is 19.3 Å². The molecule has 4 aliphatic carbocycles. The Balaban J connectivity index is 1.59. The van der Waals surface area contributed by atoms with Gasteiger partial charge in [-0.2, -0.15) is 0 Å². The van der Waals surface area contributed by atoms with E-state index in [0.717, 1.165) is 24.8 Å². The SMILES string of the molecule is CCC[C@@H]1O[C@@H]2C[C@@H]3[C@@H]4CCC5=CC(=O)C=C[C@]5(C)[C@@H]4[C@@H](OC(C)=O)C[C@]3(C)[C@]2(C(=O)COC(C)=O)O1. The molecular formula is C29H38O8. The van der Waals surface area contributed by atoms with Crippen LogP contribution in [0.25, 0.3) is 0 Å². The van der Waals surface area contributed by atoms with E-state index in [1.165, 1.54) is 13.8 Å². The molecule has 0 aromatic rings. The van der Waals surface area contributed by atoms with Crippen molar-refractivity contribution in [3.63, 3.8) is 0 Å². The lowest BCUT2D eigenvalue weighted by Gasteiger charge is -2.60. The number of carbonyl (C=O) groups excluding carboxylic acids is 4. The highest BCUT2D eigenvalue weighted by molar-refractivity contribution is 6.01. The maximum absolute atomic E-state index is 13.9. The third kappa shape index (κ3) is 3.85. The monoisotopic (exact) mass is 514 g/mol. The molecule has 5 rings (SSSR count). The molecule has 37 heavy (non-hydrogen) atoms. The van der Waals surface area contributed by atoms with Crippen molar-refractivity contribution in [3.05, 3.63) is 23.8 Å². The average Bonchev–Trinajstić information content (AvgIpc) is 3.29. The highest BCUT2D eigenvalue weighted by Gasteiger charge is 2.76. The Bertz CT molecular complexity index is 1080. The van der Waals surface area contributed by atoms with Gasteiger partial charge in [-0.15, -0.1) is 0 Å². The summed E-state index contributed by atoms with van der Waals surface area (Å²) < 4.78 is 24.2. The molecule has 1 heterocycles. The third-order valence-electron chi connectivity index (χ3n) is 9.93. The summed E-state index contributed by atoms with van der Waals surface area (Å²) >= 11 is 0. The van der Waals surface area contributed by atoms with Crippen molar-refractivity contribution in [2.75, 3.05) is 6.61 Å². The van der Waals surface area contributed by atoms with E-state index >= 15 is 0 Å². The van der Waals surface area contributed by atoms with E-state index in [4.69, 9.17) is 18.9 Å². The van der Waals surface area contributed by atoms with E-state index in [9.17, 15) is 19.2 Å². The molecule has 5 aliphatic rings. The lowest BCUT2D eigenvalue weighted by Crippen LogP contribution is -2.64. The van der Waals surface area contributed by atoms with Gasteiger partial charge in [-0.25, -0.2) is 0 Å². The van der Waals surface area contributed by atoms with Crippen LogP contribution in [0, 0.1) is 28.6 Å². The normalized spacial score (nSPS) is 43.7. The van der Waals surface area contributed by atoms with Gasteiger partial charge in [-0.1, -0.05) is 38.8 Å². The van der Waals surface area contributed by atoms with Gasteiger partial charge in [-0.3, -0.25) is 19.2 Å². The minimum atomic E-state index is -1.29. The van der Waals surface area contributed by atoms with Gasteiger partial charge in [0, 0.05) is 30.6 Å². The van der Waals surface area contributed by atoms with Gasteiger partial charge in [-0.05, 0) is 56.1 Å². The van der Waals surface area contributed by atoms with Gasteiger partial charge in [0.15, 0.2) is 24.3 Å². The van der Waals surface area contributed by atoms with Crippen LogP contribution in [0.5, 0.6) is 0 Å². The van der Waals surface area contributed by atoms with Gasteiger partial charge in [0.05, 0.1) is 6.10 Å². The van der Waals surface area contributed by atoms with Crippen LogP contribution in [0.3, 0.4) is 0 Å². The standard InChI is InChI=1S/C29H38O8/c1-6-7-25-36-24-13-21-20-9-8-18-12-19(32)10-11-27(18,4)26(20)22(35-17(3)31)14-28(21,5)29(24,37-25)23(33)15-34-16(2)30/h10-12,20-22,24-26H,6-9,13-15H2,1-5H3/t20-,21+,22-,24+,25+,26-,27-,28-,29+/m0/s1. The number of fused-ring (bicyclic) bond motifs is 7. The fourth-order valence-electron chi connectivity index (χ4n) is 8.57. The Kier molecular flexibility index (Phi) is 6.51.